The molecule has 2 N–H and O–H groups in total. The first kappa shape index (κ1) is 10.5. The van der Waals surface area contributed by atoms with Crippen molar-refractivity contribution in [3.05, 3.63) is 35.9 Å². The van der Waals surface area contributed by atoms with E-state index in [2.05, 4.69) is 18.0 Å². The Kier molecular flexibility index (Phi) is 3.46. The van der Waals surface area contributed by atoms with Crippen LogP contribution in [0, 0.1) is 6.92 Å². The van der Waals surface area contributed by atoms with Crippen molar-refractivity contribution >= 4 is 16.7 Å². The Hall–Kier alpha value is -1.57. The summed E-state index contributed by atoms with van der Waals surface area (Å²) in [6, 6.07) is 9.87. The molecule has 1 aromatic heterocycles. The van der Waals surface area contributed by atoms with Gasteiger partial charge in [-0.1, -0.05) is 26.0 Å². The Morgan fingerprint density at radius 3 is 2.50 bits per heavy atom. The standard InChI is InChI=1S/C10H10N2.C2H6/c1-7-3-2-4-9-8(7)5-6-10(11)12-9;1-2/h2-6H,1H3,(H2,11,12);1-2H3. The highest BCUT2D eigenvalue weighted by atomic mass is 14.8. The van der Waals surface area contributed by atoms with Crippen LogP contribution < -0.4 is 5.73 Å². The van der Waals surface area contributed by atoms with Gasteiger partial charge in [-0.3, -0.25) is 0 Å². The number of benzene rings is 1. The number of rotatable bonds is 0. The number of aryl methyl sites for hydroxylation is 1. The molecule has 2 nitrogen and oxygen atoms in total. The van der Waals surface area contributed by atoms with Crippen LogP contribution in [-0.2, 0) is 0 Å². The van der Waals surface area contributed by atoms with E-state index in [0.717, 1.165) is 5.52 Å². The Bertz CT molecular complexity index is 422. The average Bonchev–Trinajstić information content (AvgIpc) is 2.21. The molecule has 2 rings (SSSR count). The lowest BCUT2D eigenvalue weighted by molar-refractivity contribution is 1.40. The zero-order chi connectivity index (χ0) is 10.6. The summed E-state index contributed by atoms with van der Waals surface area (Å²) in [6.07, 6.45) is 0. The van der Waals surface area contributed by atoms with E-state index in [9.17, 15) is 0 Å². The number of nitrogens with two attached hydrogens (primary N) is 1. The summed E-state index contributed by atoms with van der Waals surface area (Å²) >= 11 is 0. The quantitative estimate of drug-likeness (QED) is 0.689. The Morgan fingerprint density at radius 1 is 1.07 bits per heavy atom. The van der Waals surface area contributed by atoms with Crippen LogP contribution in [0.3, 0.4) is 0 Å². The Morgan fingerprint density at radius 2 is 1.79 bits per heavy atom. The highest BCUT2D eigenvalue weighted by Crippen LogP contribution is 2.16. The number of hydrogen-bond acceptors (Lipinski definition) is 2. The summed E-state index contributed by atoms with van der Waals surface area (Å²) in [4.78, 5) is 4.21. The van der Waals surface area contributed by atoms with E-state index in [1.807, 2.05) is 38.1 Å². The van der Waals surface area contributed by atoms with Crippen LogP contribution in [0.25, 0.3) is 10.9 Å². The van der Waals surface area contributed by atoms with E-state index in [-0.39, 0.29) is 0 Å². The van der Waals surface area contributed by atoms with Crippen LogP contribution in [0.4, 0.5) is 5.82 Å². The van der Waals surface area contributed by atoms with Gasteiger partial charge in [0.25, 0.3) is 0 Å². The third-order valence-electron chi connectivity index (χ3n) is 1.97. The number of aromatic nitrogens is 1. The summed E-state index contributed by atoms with van der Waals surface area (Å²) in [5, 5.41) is 1.17. The number of nitrogens with zero attached hydrogens (tertiary/aromatic N) is 1. The molecule has 1 aromatic carbocycles. The van der Waals surface area contributed by atoms with Gasteiger partial charge in [0.1, 0.15) is 5.82 Å². The lowest BCUT2D eigenvalue weighted by atomic mass is 10.1. The molecular formula is C12H16N2. The van der Waals surface area contributed by atoms with Crippen molar-refractivity contribution in [2.45, 2.75) is 20.8 Å². The molecule has 0 amide bonds. The second kappa shape index (κ2) is 4.61. The molecule has 0 fully saturated rings. The van der Waals surface area contributed by atoms with Gasteiger partial charge < -0.3 is 5.73 Å². The van der Waals surface area contributed by atoms with Crippen molar-refractivity contribution in [2.75, 3.05) is 5.73 Å². The molecule has 1 heterocycles. The van der Waals surface area contributed by atoms with Crippen molar-refractivity contribution in [3.63, 3.8) is 0 Å². The van der Waals surface area contributed by atoms with E-state index in [1.54, 1.807) is 0 Å². The fourth-order valence-corrected chi connectivity index (χ4v) is 1.32. The highest BCUT2D eigenvalue weighted by Gasteiger charge is 1.96. The van der Waals surface area contributed by atoms with E-state index >= 15 is 0 Å². The summed E-state index contributed by atoms with van der Waals surface area (Å²) in [5.74, 6) is 0.577. The molecule has 0 radical (unpaired) electrons. The van der Waals surface area contributed by atoms with Crippen molar-refractivity contribution in [1.29, 1.82) is 0 Å². The molecule has 0 saturated heterocycles. The molecule has 14 heavy (non-hydrogen) atoms. The van der Waals surface area contributed by atoms with E-state index < -0.39 is 0 Å². The fraction of sp³-hybridized carbons (Fsp3) is 0.250. The Balaban J connectivity index is 0.000000461. The molecule has 0 unspecified atom stereocenters. The Labute approximate surface area is 84.8 Å². The first-order chi connectivity index (χ1) is 6.77. The molecular weight excluding hydrogens is 172 g/mol. The van der Waals surface area contributed by atoms with Gasteiger partial charge in [0.05, 0.1) is 5.52 Å². The molecule has 74 valence electrons. The smallest absolute Gasteiger partial charge is 0.124 e. The molecule has 0 bridgehead atoms. The molecule has 0 aliphatic rings. The number of anilines is 1. The van der Waals surface area contributed by atoms with E-state index in [0.29, 0.717) is 5.82 Å². The van der Waals surface area contributed by atoms with Gasteiger partial charge in [0, 0.05) is 5.39 Å². The number of fused-ring (bicyclic) bond motifs is 1. The van der Waals surface area contributed by atoms with Gasteiger partial charge in [-0.25, -0.2) is 4.98 Å². The minimum Gasteiger partial charge on any atom is -0.384 e. The van der Waals surface area contributed by atoms with Gasteiger partial charge in [0.15, 0.2) is 0 Å². The topological polar surface area (TPSA) is 38.9 Å². The highest BCUT2D eigenvalue weighted by molar-refractivity contribution is 5.83. The van der Waals surface area contributed by atoms with E-state index in [4.69, 9.17) is 5.73 Å². The van der Waals surface area contributed by atoms with Crippen LogP contribution in [0.5, 0.6) is 0 Å². The van der Waals surface area contributed by atoms with Gasteiger partial charge in [-0.2, -0.15) is 0 Å². The molecule has 2 heteroatoms. The summed E-state index contributed by atoms with van der Waals surface area (Å²) in [5.41, 5.74) is 7.77. The lowest BCUT2D eigenvalue weighted by Gasteiger charge is -2.00. The molecule has 0 saturated carbocycles. The van der Waals surface area contributed by atoms with Crippen LogP contribution in [-0.4, -0.2) is 4.98 Å². The van der Waals surface area contributed by atoms with Crippen LogP contribution >= 0.6 is 0 Å². The van der Waals surface area contributed by atoms with Crippen molar-refractivity contribution in [1.82, 2.24) is 4.98 Å². The number of nitrogen functional groups attached to an aromatic ring is 1. The normalized spacial score (nSPS) is 9.36. The van der Waals surface area contributed by atoms with Crippen LogP contribution in [0.1, 0.15) is 19.4 Å². The zero-order valence-corrected chi connectivity index (χ0v) is 8.91. The largest absolute Gasteiger partial charge is 0.384 e. The van der Waals surface area contributed by atoms with Crippen LogP contribution in [0.15, 0.2) is 30.3 Å². The van der Waals surface area contributed by atoms with Gasteiger partial charge >= 0.3 is 0 Å². The maximum Gasteiger partial charge on any atom is 0.124 e. The van der Waals surface area contributed by atoms with Crippen molar-refractivity contribution in [2.24, 2.45) is 0 Å². The van der Waals surface area contributed by atoms with E-state index in [1.165, 1.54) is 10.9 Å². The monoisotopic (exact) mass is 188 g/mol. The first-order valence-electron chi connectivity index (χ1n) is 4.89. The number of hydrogen-bond donors (Lipinski definition) is 1. The first-order valence-corrected chi connectivity index (χ1v) is 4.89. The summed E-state index contributed by atoms with van der Waals surface area (Å²) in [6.45, 7) is 6.07. The van der Waals surface area contributed by atoms with Gasteiger partial charge in [-0.15, -0.1) is 0 Å². The zero-order valence-electron chi connectivity index (χ0n) is 8.91. The molecule has 0 aliphatic heterocycles. The third kappa shape index (κ3) is 2.02. The molecule has 0 atom stereocenters. The third-order valence-corrected chi connectivity index (χ3v) is 1.97. The second-order valence-corrected chi connectivity index (χ2v) is 2.88. The molecule has 0 spiro atoms. The second-order valence-electron chi connectivity index (χ2n) is 2.88. The van der Waals surface area contributed by atoms with Crippen LogP contribution in [0.2, 0.25) is 0 Å². The van der Waals surface area contributed by atoms with Gasteiger partial charge in [0.2, 0.25) is 0 Å². The minimum atomic E-state index is 0.577. The number of pyridine rings is 1. The summed E-state index contributed by atoms with van der Waals surface area (Å²) in [7, 11) is 0. The maximum atomic E-state index is 5.56. The van der Waals surface area contributed by atoms with Gasteiger partial charge in [-0.05, 0) is 30.7 Å². The van der Waals surface area contributed by atoms with Crippen molar-refractivity contribution < 1.29 is 0 Å². The SMILES string of the molecule is CC.Cc1cccc2nc(N)ccc12. The molecule has 0 aliphatic carbocycles. The fourth-order valence-electron chi connectivity index (χ4n) is 1.32. The predicted octanol–water partition coefficient (Wildman–Crippen LogP) is 3.15. The predicted molar refractivity (Wildman–Crippen MR) is 62.2 cm³/mol. The maximum absolute atomic E-state index is 5.56. The summed E-state index contributed by atoms with van der Waals surface area (Å²) < 4.78 is 0. The molecule has 2 aromatic rings. The van der Waals surface area contributed by atoms with Crippen molar-refractivity contribution in [3.8, 4) is 0 Å². The minimum absolute atomic E-state index is 0.577. The lowest BCUT2D eigenvalue weighted by Crippen LogP contribution is -1.90. The average molecular weight is 188 g/mol.